The van der Waals surface area contributed by atoms with Crippen molar-refractivity contribution in [3.63, 3.8) is 0 Å². The SMILES string of the molecule is O=C(CCOCC1CC1)NNc1cc(F)c(F)cc1F. The summed E-state index contributed by atoms with van der Waals surface area (Å²) in [5.74, 6) is -3.28. The first-order chi connectivity index (χ1) is 9.56. The normalized spacial score (nSPS) is 14.2. The molecule has 1 saturated carbocycles. The minimum absolute atomic E-state index is 0.102. The zero-order chi connectivity index (χ0) is 14.5. The number of benzene rings is 1. The van der Waals surface area contributed by atoms with Crippen molar-refractivity contribution in [2.75, 3.05) is 18.6 Å². The van der Waals surface area contributed by atoms with Gasteiger partial charge in [0.05, 0.1) is 18.7 Å². The summed E-state index contributed by atoms with van der Waals surface area (Å²) in [6, 6.07) is 1.04. The zero-order valence-electron chi connectivity index (χ0n) is 10.7. The summed E-state index contributed by atoms with van der Waals surface area (Å²) in [5, 5.41) is 0. The van der Waals surface area contributed by atoms with Gasteiger partial charge >= 0.3 is 0 Å². The van der Waals surface area contributed by atoms with Crippen LogP contribution < -0.4 is 10.9 Å². The van der Waals surface area contributed by atoms with Crippen LogP contribution in [0.15, 0.2) is 12.1 Å². The number of anilines is 1. The van der Waals surface area contributed by atoms with Gasteiger partial charge < -0.3 is 4.74 Å². The van der Waals surface area contributed by atoms with E-state index in [1.54, 1.807) is 0 Å². The number of hydrogen-bond donors (Lipinski definition) is 2. The molecule has 110 valence electrons. The lowest BCUT2D eigenvalue weighted by molar-refractivity contribution is -0.121. The van der Waals surface area contributed by atoms with E-state index in [1.807, 2.05) is 0 Å². The Balaban J connectivity index is 1.70. The smallest absolute Gasteiger partial charge is 0.240 e. The number of rotatable bonds is 7. The van der Waals surface area contributed by atoms with Crippen LogP contribution in [0.2, 0.25) is 0 Å². The summed E-state index contributed by atoms with van der Waals surface area (Å²) in [4.78, 5) is 11.4. The molecular formula is C13H15F3N2O2. The van der Waals surface area contributed by atoms with Gasteiger partial charge in [-0.15, -0.1) is 0 Å². The van der Waals surface area contributed by atoms with Gasteiger partial charge in [0, 0.05) is 18.7 Å². The largest absolute Gasteiger partial charge is 0.381 e. The molecule has 0 spiro atoms. The lowest BCUT2D eigenvalue weighted by Gasteiger charge is -2.10. The van der Waals surface area contributed by atoms with E-state index in [2.05, 4.69) is 10.9 Å². The van der Waals surface area contributed by atoms with Gasteiger partial charge in [-0.2, -0.15) is 0 Å². The Morgan fingerprint density at radius 3 is 2.60 bits per heavy atom. The lowest BCUT2D eigenvalue weighted by Crippen LogP contribution is -2.30. The highest BCUT2D eigenvalue weighted by molar-refractivity contribution is 5.77. The zero-order valence-corrected chi connectivity index (χ0v) is 10.7. The summed E-state index contributed by atoms with van der Waals surface area (Å²) >= 11 is 0. The molecule has 1 fully saturated rings. The predicted octanol–water partition coefficient (Wildman–Crippen LogP) is 2.36. The molecule has 0 unspecified atom stereocenters. The van der Waals surface area contributed by atoms with E-state index in [0.29, 0.717) is 24.7 Å². The summed E-state index contributed by atoms with van der Waals surface area (Å²) in [5.41, 5.74) is 4.06. The fraction of sp³-hybridized carbons (Fsp3) is 0.462. The molecule has 0 aromatic heterocycles. The van der Waals surface area contributed by atoms with Gasteiger partial charge in [-0.3, -0.25) is 15.6 Å². The topological polar surface area (TPSA) is 50.4 Å². The Hall–Kier alpha value is -1.76. The minimum Gasteiger partial charge on any atom is -0.381 e. The van der Waals surface area contributed by atoms with Crippen LogP contribution in [0.1, 0.15) is 19.3 Å². The number of carbonyl (C=O) groups excluding carboxylic acids is 1. The maximum Gasteiger partial charge on any atom is 0.240 e. The molecule has 1 aromatic carbocycles. The molecule has 1 aliphatic carbocycles. The molecule has 0 bridgehead atoms. The molecule has 0 radical (unpaired) electrons. The molecule has 2 rings (SSSR count). The summed E-state index contributed by atoms with van der Waals surface area (Å²) in [6.07, 6.45) is 2.44. The molecule has 7 heteroatoms. The van der Waals surface area contributed by atoms with Gasteiger partial charge in [0.2, 0.25) is 5.91 Å². The second-order valence-electron chi connectivity index (χ2n) is 4.69. The predicted molar refractivity (Wildman–Crippen MR) is 66.2 cm³/mol. The molecule has 0 aliphatic heterocycles. The van der Waals surface area contributed by atoms with E-state index in [9.17, 15) is 18.0 Å². The van der Waals surface area contributed by atoms with Crippen molar-refractivity contribution in [1.82, 2.24) is 5.43 Å². The van der Waals surface area contributed by atoms with E-state index < -0.39 is 23.4 Å². The first-order valence-corrected chi connectivity index (χ1v) is 6.33. The fourth-order valence-electron chi connectivity index (χ4n) is 1.52. The summed E-state index contributed by atoms with van der Waals surface area (Å²) in [7, 11) is 0. The van der Waals surface area contributed by atoms with Crippen LogP contribution in [0.5, 0.6) is 0 Å². The third-order valence-corrected chi connectivity index (χ3v) is 2.87. The molecule has 1 aromatic rings. The first kappa shape index (κ1) is 14.6. The molecule has 0 heterocycles. The molecular weight excluding hydrogens is 273 g/mol. The summed E-state index contributed by atoms with van der Waals surface area (Å²) < 4.78 is 44.1. The van der Waals surface area contributed by atoms with Gasteiger partial charge in [-0.05, 0) is 18.8 Å². The molecule has 2 N–H and O–H groups in total. The molecule has 4 nitrogen and oxygen atoms in total. The van der Waals surface area contributed by atoms with Crippen LogP contribution in [0, 0.1) is 23.4 Å². The van der Waals surface area contributed by atoms with Crippen molar-refractivity contribution in [2.45, 2.75) is 19.3 Å². The molecule has 1 aliphatic rings. The number of ether oxygens (including phenoxy) is 1. The van der Waals surface area contributed by atoms with E-state index in [-0.39, 0.29) is 18.7 Å². The number of halogens is 3. The maximum absolute atomic E-state index is 13.2. The lowest BCUT2D eigenvalue weighted by atomic mass is 10.3. The highest BCUT2D eigenvalue weighted by Crippen LogP contribution is 2.28. The highest BCUT2D eigenvalue weighted by Gasteiger charge is 2.21. The number of nitrogens with one attached hydrogen (secondary N) is 2. The minimum atomic E-state index is -1.28. The maximum atomic E-state index is 13.2. The third kappa shape index (κ3) is 4.41. The van der Waals surface area contributed by atoms with Gasteiger partial charge in [-0.1, -0.05) is 0 Å². The average molecular weight is 288 g/mol. The Morgan fingerprint density at radius 2 is 1.90 bits per heavy atom. The van der Waals surface area contributed by atoms with Gasteiger partial charge in [-0.25, -0.2) is 13.2 Å². The molecule has 20 heavy (non-hydrogen) atoms. The number of hydrazine groups is 1. The number of hydrogen-bond acceptors (Lipinski definition) is 3. The van der Waals surface area contributed by atoms with E-state index >= 15 is 0 Å². The van der Waals surface area contributed by atoms with Crippen LogP contribution in [0.4, 0.5) is 18.9 Å². The van der Waals surface area contributed by atoms with Crippen molar-refractivity contribution >= 4 is 11.6 Å². The van der Waals surface area contributed by atoms with Crippen LogP contribution in [0.25, 0.3) is 0 Å². The molecule has 1 amide bonds. The van der Waals surface area contributed by atoms with E-state index in [0.717, 1.165) is 0 Å². The average Bonchev–Trinajstić information content (AvgIpc) is 3.21. The van der Waals surface area contributed by atoms with E-state index in [4.69, 9.17) is 4.74 Å². The van der Waals surface area contributed by atoms with E-state index in [1.165, 1.54) is 12.8 Å². The van der Waals surface area contributed by atoms with Crippen LogP contribution in [-0.4, -0.2) is 19.1 Å². The second kappa shape index (κ2) is 6.60. The Labute approximate surface area is 114 Å². The third-order valence-electron chi connectivity index (χ3n) is 2.87. The summed E-state index contributed by atoms with van der Waals surface area (Å²) in [6.45, 7) is 0.919. The van der Waals surface area contributed by atoms with Crippen LogP contribution in [0.3, 0.4) is 0 Å². The van der Waals surface area contributed by atoms with Crippen molar-refractivity contribution in [3.05, 3.63) is 29.6 Å². The standard InChI is InChI=1S/C13H15F3N2O2/c14-9-5-11(16)12(6-10(9)15)17-18-13(19)3-4-20-7-8-1-2-8/h5-6,8,17H,1-4,7H2,(H,18,19). The van der Waals surface area contributed by atoms with Gasteiger partial charge in [0.1, 0.15) is 0 Å². The van der Waals surface area contributed by atoms with Crippen molar-refractivity contribution in [1.29, 1.82) is 0 Å². The van der Waals surface area contributed by atoms with Crippen molar-refractivity contribution in [2.24, 2.45) is 5.92 Å². The van der Waals surface area contributed by atoms with Crippen molar-refractivity contribution in [3.8, 4) is 0 Å². The molecule has 0 saturated heterocycles. The fourth-order valence-corrected chi connectivity index (χ4v) is 1.52. The van der Waals surface area contributed by atoms with Crippen LogP contribution >= 0.6 is 0 Å². The van der Waals surface area contributed by atoms with Crippen molar-refractivity contribution < 1.29 is 22.7 Å². The Kier molecular flexibility index (Phi) is 4.84. The second-order valence-corrected chi connectivity index (χ2v) is 4.69. The quantitative estimate of drug-likeness (QED) is 0.460. The van der Waals surface area contributed by atoms with Gasteiger partial charge in [0.15, 0.2) is 17.5 Å². The Bertz CT molecular complexity index is 493. The number of carbonyl (C=O) groups is 1. The monoisotopic (exact) mass is 288 g/mol. The van der Waals surface area contributed by atoms with Gasteiger partial charge in [0.25, 0.3) is 0 Å². The molecule has 0 atom stereocenters. The van der Waals surface area contributed by atoms with Crippen LogP contribution in [-0.2, 0) is 9.53 Å². The number of amides is 1. The highest BCUT2D eigenvalue weighted by atomic mass is 19.2. The Morgan fingerprint density at radius 1 is 1.20 bits per heavy atom. The first-order valence-electron chi connectivity index (χ1n) is 6.33.